The molecule has 1 N–H and O–H groups in total. The van der Waals surface area contributed by atoms with Crippen LogP contribution in [-0.4, -0.2) is 53.4 Å². The van der Waals surface area contributed by atoms with Crippen LogP contribution in [0.25, 0.3) is 0 Å². The van der Waals surface area contributed by atoms with E-state index in [1.807, 2.05) is 0 Å². The maximum Gasteiger partial charge on any atom is 0.200 e. The fourth-order valence-electron chi connectivity index (χ4n) is 1.85. The van der Waals surface area contributed by atoms with E-state index in [9.17, 15) is 4.79 Å². The zero-order chi connectivity index (χ0) is 13.0. The molecule has 2 rings (SSSR count). The highest BCUT2D eigenvalue weighted by molar-refractivity contribution is 7.99. The van der Waals surface area contributed by atoms with Gasteiger partial charge in [-0.3, -0.25) is 9.48 Å². The van der Waals surface area contributed by atoms with Crippen molar-refractivity contribution in [3.8, 4) is 0 Å². The summed E-state index contributed by atoms with van der Waals surface area (Å²) in [6.45, 7) is 1.89. The molecule has 0 radical (unpaired) electrons. The lowest BCUT2D eigenvalue weighted by Gasteiger charge is -2.22. The monoisotopic (exact) mass is 289 g/mol. The lowest BCUT2D eigenvalue weighted by molar-refractivity contribution is 0.0939. The molecule has 100 valence electrons. The van der Waals surface area contributed by atoms with Crippen LogP contribution in [0.4, 0.5) is 0 Å². The van der Waals surface area contributed by atoms with E-state index in [0.717, 1.165) is 18.1 Å². The van der Waals surface area contributed by atoms with Gasteiger partial charge in [0.25, 0.3) is 0 Å². The van der Waals surface area contributed by atoms with Crippen molar-refractivity contribution in [3.05, 3.63) is 16.9 Å². The van der Waals surface area contributed by atoms with Crippen LogP contribution in [0.5, 0.6) is 0 Å². The minimum absolute atomic E-state index is 0.0146. The Morgan fingerprint density at radius 2 is 2.61 bits per heavy atom. The van der Waals surface area contributed by atoms with Crippen molar-refractivity contribution in [1.29, 1.82) is 0 Å². The molecule has 2 heterocycles. The Hall–Kier alpha value is -0.560. The van der Waals surface area contributed by atoms with Crippen molar-refractivity contribution < 1.29 is 9.53 Å². The van der Waals surface area contributed by atoms with Crippen LogP contribution >= 0.6 is 23.4 Å². The maximum atomic E-state index is 12.4. The molecule has 0 spiro atoms. The van der Waals surface area contributed by atoms with Crippen molar-refractivity contribution in [2.45, 2.75) is 12.6 Å². The summed E-state index contributed by atoms with van der Waals surface area (Å²) in [5.41, 5.74) is 0.480. The fourth-order valence-corrected chi connectivity index (χ4v) is 3.02. The first-order chi connectivity index (χ1) is 8.74. The van der Waals surface area contributed by atoms with E-state index in [-0.39, 0.29) is 11.8 Å². The fraction of sp³-hybridized carbons (Fsp3) is 0.636. The number of carbonyl (C=O) groups is 1. The summed E-state index contributed by atoms with van der Waals surface area (Å²) in [7, 11) is 1.62. The van der Waals surface area contributed by atoms with Gasteiger partial charge in [-0.15, -0.1) is 0 Å². The average molecular weight is 290 g/mol. The molecule has 0 aromatic carbocycles. The molecule has 0 amide bonds. The van der Waals surface area contributed by atoms with Crippen molar-refractivity contribution >= 4 is 29.1 Å². The number of nitrogens with zero attached hydrogens (tertiary/aromatic N) is 2. The molecule has 1 saturated heterocycles. The Morgan fingerprint density at radius 3 is 3.28 bits per heavy atom. The molecule has 5 nitrogen and oxygen atoms in total. The third-order valence-electron chi connectivity index (χ3n) is 2.77. The average Bonchev–Trinajstić information content (AvgIpc) is 2.77. The predicted molar refractivity (Wildman–Crippen MR) is 72.6 cm³/mol. The third-order valence-corrected chi connectivity index (χ3v) is 4.11. The number of hydrogen-bond acceptors (Lipinski definition) is 5. The summed E-state index contributed by atoms with van der Waals surface area (Å²) < 4.78 is 6.62. The molecule has 1 aromatic rings. The summed E-state index contributed by atoms with van der Waals surface area (Å²) >= 11 is 7.84. The molecule has 0 saturated carbocycles. The van der Waals surface area contributed by atoms with Crippen molar-refractivity contribution in [2.75, 3.05) is 31.8 Å². The van der Waals surface area contributed by atoms with E-state index in [2.05, 4.69) is 10.4 Å². The molecule has 1 atom stereocenters. The zero-order valence-electron chi connectivity index (χ0n) is 10.2. The van der Waals surface area contributed by atoms with Crippen LogP contribution < -0.4 is 5.32 Å². The van der Waals surface area contributed by atoms with Gasteiger partial charge in [-0.2, -0.15) is 16.9 Å². The Labute approximate surface area is 115 Å². The van der Waals surface area contributed by atoms with Gasteiger partial charge in [0.1, 0.15) is 5.69 Å². The number of ketones is 1. The van der Waals surface area contributed by atoms with E-state index < -0.39 is 0 Å². The molecule has 1 fully saturated rings. The molecule has 0 bridgehead atoms. The largest absolute Gasteiger partial charge is 0.383 e. The zero-order valence-corrected chi connectivity index (χ0v) is 11.8. The van der Waals surface area contributed by atoms with Crippen LogP contribution in [0.15, 0.2) is 6.20 Å². The topological polar surface area (TPSA) is 56.2 Å². The van der Waals surface area contributed by atoms with E-state index in [1.54, 1.807) is 23.6 Å². The van der Waals surface area contributed by atoms with Crippen LogP contribution in [0.2, 0.25) is 5.02 Å². The SMILES string of the molecule is COCCn1ncc(Cl)c1C(=O)C1CSCCN1. The lowest BCUT2D eigenvalue weighted by Crippen LogP contribution is -2.44. The first-order valence-electron chi connectivity index (χ1n) is 5.79. The van der Waals surface area contributed by atoms with Crippen molar-refractivity contribution in [1.82, 2.24) is 15.1 Å². The third kappa shape index (κ3) is 3.06. The molecule has 1 unspecified atom stereocenters. The van der Waals surface area contributed by atoms with Gasteiger partial charge in [-0.25, -0.2) is 0 Å². The van der Waals surface area contributed by atoms with Gasteiger partial charge < -0.3 is 10.1 Å². The second-order valence-corrected chi connectivity index (χ2v) is 5.56. The normalized spacial score (nSPS) is 20.0. The highest BCUT2D eigenvalue weighted by atomic mass is 35.5. The Balaban J connectivity index is 2.14. The first-order valence-corrected chi connectivity index (χ1v) is 7.33. The van der Waals surface area contributed by atoms with Crippen molar-refractivity contribution in [2.24, 2.45) is 0 Å². The van der Waals surface area contributed by atoms with Gasteiger partial charge in [0.15, 0.2) is 5.78 Å². The number of rotatable bonds is 5. The molecule has 18 heavy (non-hydrogen) atoms. The van der Waals surface area contributed by atoms with Gasteiger partial charge in [-0.1, -0.05) is 11.6 Å². The summed E-state index contributed by atoms with van der Waals surface area (Å²) in [6, 6.07) is -0.167. The molecular formula is C11H16ClN3O2S. The number of carbonyl (C=O) groups excluding carboxylic acids is 1. The van der Waals surface area contributed by atoms with E-state index in [1.165, 1.54) is 6.20 Å². The maximum absolute atomic E-state index is 12.4. The Morgan fingerprint density at radius 1 is 1.78 bits per heavy atom. The number of methoxy groups -OCH3 is 1. The van der Waals surface area contributed by atoms with E-state index in [4.69, 9.17) is 16.3 Å². The minimum atomic E-state index is -0.167. The minimum Gasteiger partial charge on any atom is -0.383 e. The number of nitrogens with one attached hydrogen (secondary N) is 1. The molecule has 1 aromatic heterocycles. The highest BCUT2D eigenvalue weighted by Gasteiger charge is 2.27. The quantitative estimate of drug-likeness (QED) is 0.822. The molecular weight excluding hydrogens is 274 g/mol. The van der Waals surface area contributed by atoms with Crippen LogP contribution in [0.3, 0.4) is 0 Å². The van der Waals surface area contributed by atoms with E-state index in [0.29, 0.717) is 23.9 Å². The number of aromatic nitrogens is 2. The van der Waals surface area contributed by atoms with Crippen LogP contribution in [0.1, 0.15) is 10.5 Å². The van der Waals surface area contributed by atoms with Crippen molar-refractivity contribution in [3.63, 3.8) is 0 Å². The van der Waals surface area contributed by atoms with Crippen LogP contribution in [0, 0.1) is 0 Å². The summed E-state index contributed by atoms with van der Waals surface area (Å²) in [5.74, 6) is 1.84. The predicted octanol–water partition coefficient (Wildman–Crippen LogP) is 1.07. The second kappa shape index (κ2) is 6.56. The Bertz CT molecular complexity index is 418. The molecule has 0 aliphatic carbocycles. The molecule has 1 aliphatic rings. The van der Waals surface area contributed by atoms with Gasteiger partial charge in [0.05, 0.1) is 30.4 Å². The number of Topliss-reactive ketones (excluding diaryl/α,β-unsaturated/α-hetero) is 1. The summed E-state index contributed by atoms with van der Waals surface area (Å²) in [4.78, 5) is 12.4. The smallest absolute Gasteiger partial charge is 0.200 e. The second-order valence-electron chi connectivity index (χ2n) is 4.00. The number of halogens is 1. The lowest BCUT2D eigenvalue weighted by atomic mass is 10.1. The van der Waals surface area contributed by atoms with Gasteiger partial charge in [-0.05, 0) is 0 Å². The van der Waals surface area contributed by atoms with E-state index >= 15 is 0 Å². The van der Waals surface area contributed by atoms with Gasteiger partial charge in [0, 0.05) is 25.2 Å². The number of hydrogen-bond donors (Lipinski definition) is 1. The van der Waals surface area contributed by atoms with Gasteiger partial charge in [0.2, 0.25) is 0 Å². The summed E-state index contributed by atoms with van der Waals surface area (Å²) in [5, 5.41) is 7.75. The van der Waals surface area contributed by atoms with Crippen LogP contribution in [-0.2, 0) is 11.3 Å². The first kappa shape index (κ1) is 13.9. The summed E-state index contributed by atoms with van der Waals surface area (Å²) in [6.07, 6.45) is 1.51. The highest BCUT2D eigenvalue weighted by Crippen LogP contribution is 2.19. The standard InChI is InChI=1S/C11H16ClN3O2S/c1-17-4-3-15-10(8(12)6-14-15)11(16)9-7-18-5-2-13-9/h6,9,13H,2-5,7H2,1H3. The number of thioether (sulfide) groups is 1. The molecule has 7 heteroatoms. The Kier molecular flexibility index (Phi) is 5.05. The number of ether oxygens (including phenoxy) is 1. The van der Waals surface area contributed by atoms with Gasteiger partial charge >= 0.3 is 0 Å². The molecule has 1 aliphatic heterocycles.